The Morgan fingerprint density at radius 3 is 1.56 bits per heavy atom. The van der Waals surface area contributed by atoms with Gasteiger partial charge in [0.15, 0.2) is 0 Å². The molecule has 3 heteroatoms. The Bertz CT molecular complexity index is 76.2. The molecular formula is C6H18SSi2. The summed E-state index contributed by atoms with van der Waals surface area (Å²) in [7, 11) is 0.0910. The highest BCUT2D eigenvalue weighted by molar-refractivity contribution is 8.20. The summed E-state index contributed by atoms with van der Waals surface area (Å²) in [6, 6.07) is 0. The molecule has 0 unspecified atom stereocenters. The predicted molar refractivity (Wildman–Crippen MR) is 54.7 cm³/mol. The van der Waals surface area contributed by atoms with Gasteiger partial charge in [-0.15, -0.1) is 0 Å². The molecule has 0 N–H and O–H groups in total. The van der Waals surface area contributed by atoms with Crippen LogP contribution in [0.25, 0.3) is 0 Å². The Morgan fingerprint density at radius 1 is 1.22 bits per heavy atom. The van der Waals surface area contributed by atoms with Crippen LogP contribution in [0, 0.1) is 0 Å². The molecule has 0 aliphatic rings. The van der Waals surface area contributed by atoms with Gasteiger partial charge in [-0.25, -0.2) is 12.1 Å². The normalized spacial score (nSPS) is 15.3. The van der Waals surface area contributed by atoms with Crippen molar-refractivity contribution in [3.8, 4) is 0 Å². The van der Waals surface area contributed by atoms with Crippen molar-refractivity contribution in [2.45, 2.75) is 38.9 Å². The topological polar surface area (TPSA) is 0 Å². The van der Waals surface area contributed by atoms with Crippen molar-refractivity contribution >= 4 is 27.9 Å². The predicted octanol–water partition coefficient (Wildman–Crippen LogP) is 2.01. The Labute approximate surface area is 67.1 Å². The van der Waals surface area contributed by atoms with Crippen LogP contribution in [-0.4, -0.2) is 15.8 Å². The van der Waals surface area contributed by atoms with Gasteiger partial charge in [0.05, 0.1) is 6.74 Å². The molecule has 0 bridgehead atoms. The van der Waals surface area contributed by atoms with E-state index < -0.39 is 6.74 Å². The second kappa shape index (κ2) is 2.80. The molecule has 0 amide bonds. The van der Waals surface area contributed by atoms with E-state index in [1.165, 1.54) is 0 Å². The molecule has 0 aromatic carbocycles. The molecule has 0 aliphatic heterocycles. The minimum atomic E-state index is -0.959. The van der Waals surface area contributed by atoms with Crippen molar-refractivity contribution in [1.29, 1.82) is 0 Å². The first-order chi connectivity index (χ1) is 3.71. The molecule has 0 atom stereocenters. The summed E-state index contributed by atoms with van der Waals surface area (Å²) in [6.07, 6.45) is 0. The van der Waals surface area contributed by atoms with Crippen LogP contribution in [0.4, 0.5) is 0 Å². The van der Waals surface area contributed by atoms with Gasteiger partial charge in [-0.1, -0.05) is 33.9 Å². The number of hydrogen-bond donors (Lipinski definition) is 1. The first-order valence-electron chi connectivity index (χ1n) is 3.43. The smallest absolute Gasteiger partial charge is 0.0922 e. The largest absolute Gasteiger partial charge is 0.206 e. The average molecular weight is 178 g/mol. The first kappa shape index (κ1) is 9.78. The van der Waals surface area contributed by atoms with Crippen LogP contribution in [0.3, 0.4) is 0 Å². The molecule has 0 fully saturated rings. The molecule has 9 heavy (non-hydrogen) atoms. The van der Waals surface area contributed by atoms with Crippen LogP contribution in [0.2, 0.25) is 18.1 Å². The maximum atomic E-state index is 4.65. The lowest BCUT2D eigenvalue weighted by atomic mass is 10.3. The molecule has 0 radical (unpaired) electrons. The number of rotatable bonds is 1. The minimum Gasteiger partial charge on any atom is -0.206 e. The molecule has 56 valence electrons. The maximum Gasteiger partial charge on any atom is 0.0922 e. The average Bonchev–Trinajstić information content (AvgIpc) is 1.14. The molecule has 0 rings (SSSR count). The second-order valence-corrected chi connectivity index (χ2v) is 22.4. The van der Waals surface area contributed by atoms with E-state index in [4.69, 9.17) is 0 Å². The van der Waals surface area contributed by atoms with Crippen LogP contribution in [0.1, 0.15) is 20.8 Å². The van der Waals surface area contributed by atoms with Gasteiger partial charge in [0, 0.05) is 9.04 Å². The summed E-state index contributed by atoms with van der Waals surface area (Å²) in [6.45, 7) is 10.8. The van der Waals surface area contributed by atoms with Crippen LogP contribution >= 0.6 is 12.1 Å². The fraction of sp³-hybridized carbons (Fsp3) is 1.00. The van der Waals surface area contributed by atoms with E-state index in [2.05, 4.69) is 45.9 Å². The van der Waals surface area contributed by atoms with E-state index in [0.29, 0.717) is 5.04 Å². The third-order valence-corrected chi connectivity index (χ3v) is 10.1. The zero-order valence-corrected chi connectivity index (χ0v) is 10.5. The summed E-state index contributed by atoms with van der Waals surface area (Å²) < 4.78 is 0. The highest BCUT2D eigenvalue weighted by atomic mass is 32.3. The molecular weight excluding hydrogens is 160 g/mol. The highest BCUT2D eigenvalue weighted by Crippen LogP contribution is 2.25. The standard InChI is InChI=1S/C6H18SSi2/c1-6(2,3)8-9(4,5)7/h7H,8H2,1-5H3. The number of thiol groups is 1. The SMILES string of the molecule is CC(C)(C)[SiH2][Si](C)(C)S. The van der Waals surface area contributed by atoms with Crippen molar-refractivity contribution in [1.82, 2.24) is 0 Å². The molecule has 0 saturated carbocycles. The molecule has 0 aromatic heterocycles. The summed E-state index contributed by atoms with van der Waals surface area (Å²) in [5.74, 6) is 0. The zero-order chi connectivity index (χ0) is 7.71. The Morgan fingerprint density at radius 2 is 1.56 bits per heavy atom. The molecule has 0 aromatic rings. The van der Waals surface area contributed by atoms with E-state index in [1.54, 1.807) is 0 Å². The summed E-state index contributed by atoms with van der Waals surface area (Å²) in [5.41, 5.74) is 0. The second-order valence-electron chi connectivity index (χ2n) is 4.55. The summed E-state index contributed by atoms with van der Waals surface area (Å²) in [4.78, 5) is 0. The monoisotopic (exact) mass is 178 g/mol. The Hall–Kier alpha value is 0.784. The Kier molecular flexibility index (Phi) is 3.05. The first-order valence-corrected chi connectivity index (χ1v) is 10.8. The fourth-order valence-electron chi connectivity index (χ4n) is 1.30. The summed E-state index contributed by atoms with van der Waals surface area (Å²) in [5, 5.41) is 0.609. The number of hydrogen-bond acceptors (Lipinski definition) is 1. The van der Waals surface area contributed by atoms with E-state index >= 15 is 0 Å². The van der Waals surface area contributed by atoms with E-state index in [-0.39, 0.29) is 9.04 Å². The van der Waals surface area contributed by atoms with E-state index in [0.717, 1.165) is 0 Å². The lowest BCUT2D eigenvalue weighted by molar-refractivity contribution is 0.762. The molecule has 0 heterocycles. The van der Waals surface area contributed by atoms with Gasteiger partial charge in [0.2, 0.25) is 0 Å². The van der Waals surface area contributed by atoms with Gasteiger partial charge in [-0.3, -0.25) is 0 Å². The zero-order valence-electron chi connectivity index (χ0n) is 7.15. The van der Waals surface area contributed by atoms with E-state index in [1.807, 2.05) is 0 Å². The van der Waals surface area contributed by atoms with Gasteiger partial charge < -0.3 is 0 Å². The fourth-order valence-corrected chi connectivity index (χ4v) is 15.9. The molecule has 0 saturated heterocycles. The maximum absolute atomic E-state index is 4.65. The van der Waals surface area contributed by atoms with E-state index in [9.17, 15) is 0 Å². The van der Waals surface area contributed by atoms with Crippen molar-refractivity contribution < 1.29 is 0 Å². The van der Waals surface area contributed by atoms with Crippen molar-refractivity contribution in [3.05, 3.63) is 0 Å². The molecule has 0 nitrogen and oxygen atoms in total. The summed E-state index contributed by atoms with van der Waals surface area (Å²) >= 11 is 4.65. The van der Waals surface area contributed by atoms with Crippen LogP contribution in [0.5, 0.6) is 0 Å². The van der Waals surface area contributed by atoms with Gasteiger partial charge in [-0.2, -0.15) is 0 Å². The molecule has 0 aliphatic carbocycles. The third-order valence-electron chi connectivity index (χ3n) is 0.963. The van der Waals surface area contributed by atoms with Gasteiger partial charge in [0.1, 0.15) is 0 Å². The van der Waals surface area contributed by atoms with Gasteiger partial charge in [-0.05, 0) is 5.04 Å². The van der Waals surface area contributed by atoms with Gasteiger partial charge in [0.25, 0.3) is 0 Å². The quantitative estimate of drug-likeness (QED) is 0.461. The van der Waals surface area contributed by atoms with Crippen molar-refractivity contribution in [2.24, 2.45) is 0 Å². The van der Waals surface area contributed by atoms with Crippen molar-refractivity contribution in [2.75, 3.05) is 0 Å². The van der Waals surface area contributed by atoms with Gasteiger partial charge >= 0.3 is 0 Å². The third kappa shape index (κ3) is 8.78. The molecule has 0 spiro atoms. The highest BCUT2D eigenvalue weighted by Gasteiger charge is 2.23. The minimum absolute atomic E-state index is 0.0910. The lowest BCUT2D eigenvalue weighted by Gasteiger charge is -2.25. The van der Waals surface area contributed by atoms with Crippen LogP contribution < -0.4 is 0 Å². The Balaban J connectivity index is 3.75. The lowest BCUT2D eigenvalue weighted by Crippen LogP contribution is -2.33. The van der Waals surface area contributed by atoms with Crippen molar-refractivity contribution in [3.63, 3.8) is 0 Å². The van der Waals surface area contributed by atoms with Crippen LogP contribution in [-0.2, 0) is 0 Å². The van der Waals surface area contributed by atoms with Crippen LogP contribution in [0.15, 0.2) is 0 Å².